The minimum atomic E-state index is 0.426. The number of hydrogen-bond donors (Lipinski definition) is 0. The highest BCUT2D eigenvalue weighted by Crippen LogP contribution is 2.33. The fraction of sp³-hybridized carbons (Fsp3) is 0.588. The van der Waals surface area contributed by atoms with Gasteiger partial charge in [0, 0.05) is 13.1 Å². The van der Waals surface area contributed by atoms with Crippen molar-refractivity contribution in [2.45, 2.75) is 33.6 Å². The number of likely N-dealkylation sites (tertiary alicyclic amines) is 1. The molecule has 2 rings (SSSR count). The molecular weight excluding hydrogens is 232 g/mol. The standard InChI is InChI=1S/C17H24N2/c1-17(2,3)16-8-10-19(13-16)9-7-14-5-4-6-15(11-14)12-18/h4-6,11,16H,7-10,13H2,1-3H3/t16-/m1/s1. The van der Waals surface area contributed by atoms with Crippen LogP contribution in [0.2, 0.25) is 0 Å². The molecule has 1 heterocycles. The van der Waals surface area contributed by atoms with Gasteiger partial charge in [0.05, 0.1) is 11.6 Å². The number of hydrogen-bond acceptors (Lipinski definition) is 2. The average Bonchev–Trinajstić information content (AvgIpc) is 2.85. The molecule has 0 aliphatic carbocycles. The first-order chi connectivity index (χ1) is 8.99. The third-order valence-electron chi connectivity index (χ3n) is 4.27. The lowest BCUT2D eigenvalue weighted by atomic mass is 9.80. The second kappa shape index (κ2) is 5.75. The molecule has 0 amide bonds. The van der Waals surface area contributed by atoms with Crippen LogP contribution in [0.25, 0.3) is 0 Å². The van der Waals surface area contributed by atoms with Gasteiger partial charge in [0.25, 0.3) is 0 Å². The van der Waals surface area contributed by atoms with Crippen LogP contribution in [0.15, 0.2) is 24.3 Å². The van der Waals surface area contributed by atoms with E-state index in [9.17, 15) is 0 Å². The lowest BCUT2D eigenvalue weighted by Gasteiger charge is -2.27. The van der Waals surface area contributed by atoms with Crippen LogP contribution in [-0.4, -0.2) is 24.5 Å². The molecule has 1 saturated heterocycles. The smallest absolute Gasteiger partial charge is 0.0991 e. The number of rotatable bonds is 3. The van der Waals surface area contributed by atoms with Gasteiger partial charge in [-0.2, -0.15) is 5.26 Å². The van der Waals surface area contributed by atoms with E-state index in [1.54, 1.807) is 0 Å². The fourth-order valence-electron chi connectivity index (χ4n) is 2.83. The van der Waals surface area contributed by atoms with Gasteiger partial charge in [0.2, 0.25) is 0 Å². The van der Waals surface area contributed by atoms with Gasteiger partial charge in [-0.05, 0) is 48.4 Å². The molecule has 102 valence electrons. The topological polar surface area (TPSA) is 27.0 Å². The average molecular weight is 256 g/mol. The lowest BCUT2D eigenvalue weighted by Crippen LogP contribution is -2.27. The summed E-state index contributed by atoms with van der Waals surface area (Å²) in [6.45, 7) is 10.6. The van der Waals surface area contributed by atoms with Crippen LogP contribution in [0.5, 0.6) is 0 Å². The van der Waals surface area contributed by atoms with Crippen LogP contribution in [0.3, 0.4) is 0 Å². The summed E-state index contributed by atoms with van der Waals surface area (Å²) in [5.41, 5.74) is 2.47. The van der Waals surface area contributed by atoms with Gasteiger partial charge in [-0.25, -0.2) is 0 Å². The van der Waals surface area contributed by atoms with Gasteiger partial charge in [-0.15, -0.1) is 0 Å². The molecule has 2 nitrogen and oxygen atoms in total. The first kappa shape index (κ1) is 14.1. The Hall–Kier alpha value is -1.33. The second-order valence-corrected chi connectivity index (χ2v) is 6.71. The fourth-order valence-corrected chi connectivity index (χ4v) is 2.83. The summed E-state index contributed by atoms with van der Waals surface area (Å²) < 4.78 is 0. The molecule has 1 aromatic carbocycles. The molecular formula is C17H24N2. The summed E-state index contributed by atoms with van der Waals surface area (Å²) in [5.74, 6) is 0.818. The van der Waals surface area contributed by atoms with Crippen LogP contribution in [0, 0.1) is 22.7 Å². The van der Waals surface area contributed by atoms with Crippen LogP contribution >= 0.6 is 0 Å². The lowest BCUT2D eigenvalue weighted by molar-refractivity contribution is 0.230. The first-order valence-corrected chi connectivity index (χ1v) is 7.20. The molecule has 0 N–H and O–H groups in total. The van der Waals surface area contributed by atoms with E-state index in [2.05, 4.69) is 37.8 Å². The SMILES string of the molecule is CC(C)(C)[C@@H]1CCN(CCc2cccc(C#N)c2)C1. The minimum Gasteiger partial charge on any atom is -0.303 e. The molecule has 0 saturated carbocycles. The van der Waals surface area contributed by atoms with Crippen molar-refractivity contribution >= 4 is 0 Å². The summed E-state index contributed by atoms with van der Waals surface area (Å²) in [4.78, 5) is 2.56. The highest BCUT2D eigenvalue weighted by Gasteiger charge is 2.31. The maximum Gasteiger partial charge on any atom is 0.0991 e. The Morgan fingerprint density at radius 3 is 2.79 bits per heavy atom. The summed E-state index contributed by atoms with van der Waals surface area (Å²) >= 11 is 0. The third-order valence-corrected chi connectivity index (χ3v) is 4.27. The molecule has 2 heteroatoms. The maximum absolute atomic E-state index is 8.91. The largest absolute Gasteiger partial charge is 0.303 e. The van der Waals surface area contributed by atoms with E-state index in [4.69, 9.17) is 5.26 Å². The quantitative estimate of drug-likeness (QED) is 0.828. The molecule has 1 aromatic rings. The molecule has 1 aliphatic rings. The van der Waals surface area contributed by atoms with E-state index in [0.29, 0.717) is 5.41 Å². The normalized spacial score (nSPS) is 20.4. The van der Waals surface area contributed by atoms with Crippen molar-refractivity contribution < 1.29 is 0 Å². The zero-order valence-corrected chi connectivity index (χ0v) is 12.3. The van der Waals surface area contributed by atoms with Crippen molar-refractivity contribution in [3.8, 4) is 6.07 Å². The van der Waals surface area contributed by atoms with E-state index in [-0.39, 0.29) is 0 Å². The summed E-state index contributed by atoms with van der Waals surface area (Å²) in [6, 6.07) is 10.2. The van der Waals surface area contributed by atoms with Gasteiger partial charge in [0.1, 0.15) is 0 Å². The molecule has 1 atom stereocenters. The Morgan fingerprint density at radius 1 is 1.37 bits per heavy atom. The number of benzene rings is 1. The molecule has 1 fully saturated rings. The summed E-state index contributed by atoms with van der Waals surface area (Å²) in [5, 5.41) is 8.91. The van der Waals surface area contributed by atoms with Crippen LogP contribution in [0.1, 0.15) is 38.3 Å². The van der Waals surface area contributed by atoms with Crippen molar-refractivity contribution in [3.63, 3.8) is 0 Å². The Balaban J connectivity index is 1.85. The van der Waals surface area contributed by atoms with Crippen LogP contribution in [-0.2, 0) is 6.42 Å². The number of nitrogens with zero attached hydrogens (tertiary/aromatic N) is 2. The van der Waals surface area contributed by atoms with Crippen molar-refractivity contribution in [1.29, 1.82) is 5.26 Å². The minimum absolute atomic E-state index is 0.426. The molecule has 1 aliphatic heterocycles. The summed E-state index contributed by atoms with van der Waals surface area (Å²) in [6.07, 6.45) is 2.37. The van der Waals surface area contributed by atoms with Crippen LogP contribution in [0.4, 0.5) is 0 Å². The van der Waals surface area contributed by atoms with Gasteiger partial charge < -0.3 is 4.90 Å². The maximum atomic E-state index is 8.91. The molecule has 0 aromatic heterocycles. The Bertz CT molecular complexity index is 465. The highest BCUT2D eigenvalue weighted by molar-refractivity contribution is 5.32. The van der Waals surface area contributed by atoms with Crippen molar-refractivity contribution in [2.24, 2.45) is 11.3 Å². The van der Waals surface area contributed by atoms with Crippen LogP contribution < -0.4 is 0 Å². The molecule has 0 unspecified atom stereocenters. The van der Waals surface area contributed by atoms with E-state index in [1.807, 2.05) is 18.2 Å². The Kier molecular flexibility index (Phi) is 4.27. The molecule has 0 bridgehead atoms. The molecule has 0 radical (unpaired) electrons. The molecule has 0 spiro atoms. The molecule has 19 heavy (non-hydrogen) atoms. The zero-order chi connectivity index (χ0) is 13.9. The summed E-state index contributed by atoms with van der Waals surface area (Å²) in [7, 11) is 0. The van der Waals surface area contributed by atoms with Gasteiger partial charge in [-0.3, -0.25) is 0 Å². The van der Waals surface area contributed by atoms with E-state index >= 15 is 0 Å². The monoisotopic (exact) mass is 256 g/mol. The van der Waals surface area contributed by atoms with E-state index in [1.165, 1.54) is 25.1 Å². The zero-order valence-electron chi connectivity index (χ0n) is 12.3. The third kappa shape index (κ3) is 3.81. The first-order valence-electron chi connectivity index (χ1n) is 7.20. The predicted octanol–water partition coefficient (Wildman–Crippen LogP) is 3.47. The number of nitriles is 1. The Labute approximate surface area is 117 Å². The Morgan fingerprint density at radius 2 is 2.16 bits per heavy atom. The van der Waals surface area contributed by atoms with Crippen molar-refractivity contribution in [2.75, 3.05) is 19.6 Å². The van der Waals surface area contributed by atoms with E-state index < -0.39 is 0 Å². The predicted molar refractivity (Wildman–Crippen MR) is 78.9 cm³/mol. The second-order valence-electron chi connectivity index (χ2n) is 6.71. The van der Waals surface area contributed by atoms with Gasteiger partial charge >= 0.3 is 0 Å². The van der Waals surface area contributed by atoms with Gasteiger partial charge in [-0.1, -0.05) is 32.9 Å². The van der Waals surface area contributed by atoms with E-state index in [0.717, 1.165) is 24.4 Å². The van der Waals surface area contributed by atoms with Crippen molar-refractivity contribution in [3.05, 3.63) is 35.4 Å². The highest BCUT2D eigenvalue weighted by atomic mass is 15.1. The van der Waals surface area contributed by atoms with Crippen molar-refractivity contribution in [1.82, 2.24) is 4.90 Å². The van der Waals surface area contributed by atoms with Gasteiger partial charge in [0.15, 0.2) is 0 Å².